The van der Waals surface area contributed by atoms with E-state index < -0.39 is 8.32 Å². The largest absolute Gasteiger partial charge is 0.400 e. The molecule has 0 saturated heterocycles. The summed E-state index contributed by atoms with van der Waals surface area (Å²) in [5.74, 6) is 6.60. The van der Waals surface area contributed by atoms with Gasteiger partial charge in [-0.1, -0.05) is 107 Å². The molecule has 0 heterocycles. The van der Waals surface area contributed by atoms with Crippen LogP contribution < -0.4 is 10.4 Å². The van der Waals surface area contributed by atoms with E-state index in [1.807, 2.05) is 18.2 Å². The molecular weight excluding hydrogens is 396 g/mol. The lowest BCUT2D eigenvalue weighted by Gasteiger charge is -2.44. The third-order valence-corrected chi connectivity index (χ3v) is 10.5. The van der Waals surface area contributed by atoms with Crippen LogP contribution in [0.4, 0.5) is 0 Å². The van der Waals surface area contributed by atoms with Gasteiger partial charge in [-0.3, -0.25) is 4.79 Å². The number of rotatable bonds is 10. The van der Waals surface area contributed by atoms with E-state index >= 15 is 0 Å². The van der Waals surface area contributed by atoms with Crippen molar-refractivity contribution in [1.29, 1.82) is 0 Å². The molecule has 0 radical (unpaired) electrons. The number of carbonyl (C=O) groups excluding carboxylic acids is 1. The Labute approximate surface area is 189 Å². The Balaban J connectivity index is 2.48. The monoisotopic (exact) mass is 432 g/mol. The average Bonchev–Trinajstić information content (AvgIpc) is 2.77. The molecule has 0 saturated carbocycles. The summed E-state index contributed by atoms with van der Waals surface area (Å²) in [7, 11) is -2.68. The summed E-state index contributed by atoms with van der Waals surface area (Å²) in [6.07, 6.45) is 9.03. The van der Waals surface area contributed by atoms with Gasteiger partial charge in [0.15, 0.2) is 0 Å². The van der Waals surface area contributed by atoms with Crippen LogP contribution in [0, 0.1) is 11.8 Å². The van der Waals surface area contributed by atoms with Crippen LogP contribution in [0.1, 0.15) is 59.8 Å². The normalized spacial score (nSPS) is 12.9. The van der Waals surface area contributed by atoms with Gasteiger partial charge >= 0.3 is 0 Å². The lowest BCUT2D eigenvalue weighted by atomic mass is 10.2. The lowest BCUT2D eigenvalue weighted by Crippen LogP contribution is -2.67. The molecule has 2 rings (SSSR count). The van der Waals surface area contributed by atoms with Crippen LogP contribution in [-0.4, -0.2) is 20.7 Å². The summed E-state index contributed by atoms with van der Waals surface area (Å²) < 4.78 is 7.10. The summed E-state index contributed by atoms with van der Waals surface area (Å²) in [4.78, 5) is 11.1. The zero-order chi connectivity index (χ0) is 22.6. The van der Waals surface area contributed by atoms with Gasteiger partial charge < -0.3 is 4.43 Å². The molecule has 2 aromatic carbocycles. The van der Waals surface area contributed by atoms with Crippen molar-refractivity contribution in [1.82, 2.24) is 0 Å². The van der Waals surface area contributed by atoms with Crippen LogP contribution >= 0.6 is 0 Å². The first kappa shape index (κ1) is 24.9. The zero-order valence-electron chi connectivity index (χ0n) is 19.4. The predicted molar refractivity (Wildman–Crippen MR) is 134 cm³/mol. The van der Waals surface area contributed by atoms with Crippen molar-refractivity contribution in [3.63, 3.8) is 0 Å². The van der Waals surface area contributed by atoms with Crippen molar-refractivity contribution in [2.75, 3.05) is 0 Å². The van der Waals surface area contributed by atoms with E-state index in [0.717, 1.165) is 19.1 Å². The summed E-state index contributed by atoms with van der Waals surface area (Å²) in [5, 5.41) is 2.35. The smallest absolute Gasteiger partial charge is 0.261 e. The minimum atomic E-state index is -2.68. The molecule has 0 aliphatic carbocycles. The maximum atomic E-state index is 11.1. The lowest BCUT2D eigenvalue weighted by molar-refractivity contribution is -0.104. The van der Waals surface area contributed by atoms with Crippen molar-refractivity contribution in [3.05, 3.63) is 72.8 Å². The highest BCUT2D eigenvalue weighted by molar-refractivity contribution is 6.99. The fourth-order valence-corrected chi connectivity index (χ4v) is 8.59. The molecule has 0 N–H and O–H groups in total. The van der Waals surface area contributed by atoms with Crippen molar-refractivity contribution in [2.24, 2.45) is 0 Å². The molecule has 2 nitrogen and oxygen atoms in total. The van der Waals surface area contributed by atoms with Crippen LogP contribution in [0.2, 0.25) is 5.04 Å². The second-order valence-electron chi connectivity index (χ2n) is 8.86. The standard InChI is InChI=1S/C28H36O2Si/c1-5-6-7-8-9-12-18-25(19-17-24-29)30-31(28(2,3)4,26-20-13-10-14-21-26)27-22-15-11-16-23-27/h10-11,13-17,19-25H,5-8,18H2,1-4H3/b19-17+/t25-/m1/s1. The van der Waals surface area contributed by atoms with Gasteiger partial charge in [0, 0.05) is 12.8 Å². The highest BCUT2D eigenvalue weighted by Gasteiger charge is 2.51. The van der Waals surface area contributed by atoms with Gasteiger partial charge in [0.2, 0.25) is 0 Å². The minimum Gasteiger partial charge on any atom is -0.400 e. The second-order valence-corrected chi connectivity index (χ2v) is 13.1. The summed E-state index contributed by atoms with van der Waals surface area (Å²) in [6, 6.07) is 21.1. The molecule has 31 heavy (non-hydrogen) atoms. The molecule has 0 aromatic heterocycles. The van der Waals surface area contributed by atoms with E-state index in [0.29, 0.717) is 6.42 Å². The molecule has 0 fully saturated rings. The first-order chi connectivity index (χ1) is 15.0. The molecular formula is C28H36O2Si. The van der Waals surface area contributed by atoms with E-state index in [-0.39, 0.29) is 11.1 Å². The Morgan fingerprint density at radius 1 is 0.935 bits per heavy atom. The van der Waals surface area contributed by atoms with E-state index in [1.54, 1.807) is 6.08 Å². The van der Waals surface area contributed by atoms with Gasteiger partial charge in [-0.05, 0) is 27.9 Å². The van der Waals surface area contributed by atoms with Crippen molar-refractivity contribution >= 4 is 25.0 Å². The van der Waals surface area contributed by atoms with Crippen molar-refractivity contribution in [3.8, 4) is 11.8 Å². The number of allylic oxidation sites excluding steroid dienone is 1. The van der Waals surface area contributed by atoms with E-state index in [9.17, 15) is 4.79 Å². The number of benzene rings is 2. The molecule has 1 atom stereocenters. The second kappa shape index (κ2) is 12.4. The SMILES string of the molecule is CCCCCC#CC[C@H](/C=C/C=O)O[Si](c1ccccc1)(c1ccccc1)C(C)(C)C. The average molecular weight is 433 g/mol. The number of hydrogen-bond acceptors (Lipinski definition) is 2. The molecule has 2 aromatic rings. The molecule has 3 heteroatoms. The highest BCUT2D eigenvalue weighted by Crippen LogP contribution is 2.37. The molecule has 164 valence electrons. The number of carbonyl (C=O) groups is 1. The van der Waals surface area contributed by atoms with Gasteiger partial charge in [0.1, 0.15) is 6.29 Å². The number of hydrogen-bond donors (Lipinski definition) is 0. The van der Waals surface area contributed by atoms with Crippen LogP contribution in [0.25, 0.3) is 0 Å². The fraction of sp³-hybridized carbons (Fsp3) is 0.393. The number of unbranched alkanes of at least 4 members (excludes halogenated alkanes) is 3. The maximum Gasteiger partial charge on any atom is 0.261 e. The van der Waals surface area contributed by atoms with Crippen LogP contribution in [0.3, 0.4) is 0 Å². The third-order valence-electron chi connectivity index (χ3n) is 5.48. The van der Waals surface area contributed by atoms with Gasteiger partial charge in [-0.2, -0.15) is 0 Å². The summed E-state index contributed by atoms with van der Waals surface area (Å²) >= 11 is 0. The first-order valence-electron chi connectivity index (χ1n) is 11.3. The van der Waals surface area contributed by atoms with E-state index in [4.69, 9.17) is 4.43 Å². The molecule has 0 aliphatic rings. The van der Waals surface area contributed by atoms with Gasteiger partial charge in [-0.25, -0.2) is 0 Å². The van der Waals surface area contributed by atoms with Gasteiger partial charge in [-0.15, -0.1) is 11.8 Å². The topological polar surface area (TPSA) is 26.3 Å². The van der Waals surface area contributed by atoms with Crippen molar-refractivity contribution < 1.29 is 9.22 Å². The fourth-order valence-electron chi connectivity index (χ4n) is 3.96. The highest BCUT2D eigenvalue weighted by atomic mass is 28.4. The molecule has 0 amide bonds. The first-order valence-corrected chi connectivity index (χ1v) is 13.2. The maximum absolute atomic E-state index is 11.1. The molecule has 0 aliphatic heterocycles. The van der Waals surface area contributed by atoms with Crippen LogP contribution in [0.5, 0.6) is 0 Å². The van der Waals surface area contributed by atoms with Gasteiger partial charge in [0.25, 0.3) is 8.32 Å². The van der Waals surface area contributed by atoms with E-state index in [2.05, 4.69) is 88.1 Å². The Morgan fingerprint density at radius 3 is 2.00 bits per heavy atom. The Kier molecular flexibility index (Phi) is 9.98. The Bertz CT molecular complexity index is 830. The third kappa shape index (κ3) is 6.79. The Hall–Kier alpha value is -2.41. The number of aldehydes is 1. The van der Waals surface area contributed by atoms with E-state index in [1.165, 1.54) is 23.2 Å². The summed E-state index contributed by atoms with van der Waals surface area (Å²) in [5.41, 5.74) is 0. The van der Waals surface area contributed by atoms with Gasteiger partial charge in [0.05, 0.1) is 6.10 Å². The zero-order valence-corrected chi connectivity index (χ0v) is 20.4. The quantitative estimate of drug-likeness (QED) is 0.159. The summed E-state index contributed by atoms with van der Waals surface area (Å²) in [6.45, 7) is 8.98. The van der Waals surface area contributed by atoms with Crippen molar-refractivity contribution in [2.45, 2.75) is 70.9 Å². The van der Waals surface area contributed by atoms with Crippen LogP contribution in [0.15, 0.2) is 72.8 Å². The Morgan fingerprint density at radius 2 is 1.52 bits per heavy atom. The minimum absolute atomic E-state index is 0.114. The predicted octanol–water partition coefficient (Wildman–Crippen LogP) is 5.66. The van der Waals surface area contributed by atoms with Crippen LogP contribution in [-0.2, 0) is 9.22 Å². The molecule has 0 spiro atoms. The molecule has 0 unspecified atom stereocenters. The molecule has 0 bridgehead atoms.